The van der Waals surface area contributed by atoms with Crippen LogP contribution in [0.1, 0.15) is 26.7 Å². The molecule has 1 aromatic rings. The molecule has 1 fully saturated rings. The van der Waals surface area contributed by atoms with Gasteiger partial charge in [-0.15, -0.1) is 0 Å². The van der Waals surface area contributed by atoms with Gasteiger partial charge >= 0.3 is 5.69 Å². The maximum absolute atomic E-state index is 11.4. The largest absolute Gasteiger partial charge is 0.381 e. The Labute approximate surface area is 125 Å². The molecule has 0 radical (unpaired) electrons. The van der Waals surface area contributed by atoms with E-state index in [4.69, 9.17) is 4.74 Å². The third-order valence-corrected chi connectivity index (χ3v) is 3.99. The first kappa shape index (κ1) is 15.6. The molecule has 116 valence electrons. The van der Waals surface area contributed by atoms with E-state index in [1.54, 1.807) is 12.1 Å². The second-order valence-corrected chi connectivity index (χ2v) is 5.77. The fourth-order valence-corrected chi connectivity index (χ4v) is 2.57. The highest BCUT2D eigenvalue weighted by Gasteiger charge is 2.28. The fraction of sp³-hybridized carbons (Fsp3) is 0.600. The van der Waals surface area contributed by atoms with Gasteiger partial charge < -0.3 is 15.4 Å². The Morgan fingerprint density at radius 2 is 1.90 bits per heavy atom. The predicted molar refractivity (Wildman–Crippen MR) is 83.9 cm³/mol. The van der Waals surface area contributed by atoms with Crippen molar-refractivity contribution in [2.24, 2.45) is 5.41 Å². The Balaban J connectivity index is 2.15. The predicted octanol–water partition coefficient (Wildman–Crippen LogP) is 3.26. The van der Waals surface area contributed by atoms with E-state index < -0.39 is 0 Å². The van der Waals surface area contributed by atoms with Crippen molar-refractivity contribution in [1.29, 1.82) is 0 Å². The summed E-state index contributed by atoms with van der Waals surface area (Å²) in [5, 5.41) is 17.7. The van der Waals surface area contributed by atoms with Crippen LogP contribution in [0.5, 0.6) is 0 Å². The van der Waals surface area contributed by atoms with Crippen molar-refractivity contribution in [3.05, 3.63) is 28.3 Å². The first-order chi connectivity index (χ1) is 10.1. The molecule has 0 aromatic heterocycles. The summed E-state index contributed by atoms with van der Waals surface area (Å²) in [6, 6.07) is 5.34. The van der Waals surface area contributed by atoms with Crippen molar-refractivity contribution >= 4 is 17.1 Å². The maximum atomic E-state index is 11.4. The summed E-state index contributed by atoms with van der Waals surface area (Å²) in [6.07, 6.45) is 1.95. The van der Waals surface area contributed by atoms with Crippen LogP contribution in [0, 0.1) is 15.5 Å². The monoisotopic (exact) mass is 293 g/mol. The van der Waals surface area contributed by atoms with Gasteiger partial charge in [0.2, 0.25) is 0 Å². The van der Waals surface area contributed by atoms with Crippen LogP contribution in [0.4, 0.5) is 17.1 Å². The van der Waals surface area contributed by atoms with E-state index in [-0.39, 0.29) is 16.0 Å². The lowest BCUT2D eigenvalue weighted by Crippen LogP contribution is -2.33. The molecule has 6 heteroatoms. The van der Waals surface area contributed by atoms with Crippen LogP contribution in [-0.2, 0) is 4.74 Å². The highest BCUT2D eigenvalue weighted by atomic mass is 16.6. The van der Waals surface area contributed by atoms with E-state index >= 15 is 0 Å². The number of benzene rings is 1. The van der Waals surface area contributed by atoms with Crippen LogP contribution in [0.25, 0.3) is 0 Å². The van der Waals surface area contributed by atoms with E-state index in [0.29, 0.717) is 24.5 Å². The zero-order valence-electron chi connectivity index (χ0n) is 12.6. The summed E-state index contributed by atoms with van der Waals surface area (Å²) in [4.78, 5) is 11.0. The molecule has 1 heterocycles. The summed E-state index contributed by atoms with van der Waals surface area (Å²) >= 11 is 0. The summed E-state index contributed by atoms with van der Waals surface area (Å²) in [6.45, 7) is 7.01. The Morgan fingerprint density at radius 3 is 2.48 bits per heavy atom. The first-order valence-corrected chi connectivity index (χ1v) is 7.38. The number of nitro benzene ring substituents is 1. The molecule has 1 aliphatic rings. The Bertz CT molecular complexity index is 499. The van der Waals surface area contributed by atoms with E-state index in [1.807, 2.05) is 13.0 Å². The molecule has 2 N–H and O–H groups in total. The Hall–Kier alpha value is -1.82. The highest BCUT2D eigenvalue weighted by molar-refractivity contribution is 5.76. The van der Waals surface area contributed by atoms with Crippen molar-refractivity contribution in [1.82, 2.24) is 0 Å². The smallest absolute Gasteiger partial charge is 0.315 e. The zero-order valence-corrected chi connectivity index (χ0v) is 12.6. The van der Waals surface area contributed by atoms with E-state index in [1.165, 1.54) is 0 Å². The number of nitro groups is 1. The number of rotatable bonds is 6. The summed E-state index contributed by atoms with van der Waals surface area (Å²) in [7, 11) is 0. The van der Waals surface area contributed by atoms with Gasteiger partial charge in [-0.05, 0) is 37.3 Å². The van der Waals surface area contributed by atoms with Crippen molar-refractivity contribution in [3.63, 3.8) is 0 Å². The number of ether oxygens (including phenoxy) is 1. The fourth-order valence-electron chi connectivity index (χ4n) is 2.57. The van der Waals surface area contributed by atoms with Crippen LogP contribution >= 0.6 is 0 Å². The van der Waals surface area contributed by atoms with Gasteiger partial charge in [-0.1, -0.05) is 13.0 Å². The minimum Gasteiger partial charge on any atom is -0.381 e. The van der Waals surface area contributed by atoms with Crippen LogP contribution in [0.2, 0.25) is 0 Å². The van der Waals surface area contributed by atoms with Crippen LogP contribution in [0.15, 0.2) is 18.2 Å². The van der Waals surface area contributed by atoms with Crippen LogP contribution in [0.3, 0.4) is 0 Å². The molecule has 0 unspecified atom stereocenters. The molecule has 1 aliphatic heterocycles. The lowest BCUT2D eigenvalue weighted by molar-refractivity contribution is -0.383. The van der Waals surface area contributed by atoms with Crippen LogP contribution < -0.4 is 10.6 Å². The summed E-state index contributed by atoms with van der Waals surface area (Å²) in [5.41, 5.74) is 1.38. The minimum absolute atomic E-state index is 0.120. The van der Waals surface area contributed by atoms with Gasteiger partial charge in [-0.2, -0.15) is 0 Å². The van der Waals surface area contributed by atoms with Gasteiger partial charge in [-0.3, -0.25) is 10.1 Å². The average molecular weight is 293 g/mol. The zero-order chi connectivity index (χ0) is 15.3. The third-order valence-electron chi connectivity index (χ3n) is 3.99. The third kappa shape index (κ3) is 3.85. The lowest BCUT2D eigenvalue weighted by Gasteiger charge is -2.33. The molecule has 0 spiro atoms. The van der Waals surface area contributed by atoms with Crippen molar-refractivity contribution in [2.45, 2.75) is 26.7 Å². The molecular weight excluding hydrogens is 270 g/mol. The number of nitrogens with zero attached hydrogens (tertiary/aromatic N) is 1. The van der Waals surface area contributed by atoms with E-state index in [0.717, 1.165) is 26.1 Å². The lowest BCUT2D eigenvalue weighted by atomic mass is 9.82. The molecule has 0 aliphatic carbocycles. The quantitative estimate of drug-likeness (QED) is 0.622. The number of anilines is 2. The number of hydrogen-bond donors (Lipinski definition) is 2. The average Bonchev–Trinajstić information content (AvgIpc) is 2.46. The minimum atomic E-state index is -0.327. The van der Waals surface area contributed by atoms with Crippen molar-refractivity contribution in [3.8, 4) is 0 Å². The topological polar surface area (TPSA) is 76.4 Å². The second kappa shape index (κ2) is 6.76. The molecule has 1 saturated heterocycles. The SMILES string of the molecule is CCNc1cccc(NCC2(C)CCOCC2)c1[N+](=O)[O-]. The molecular formula is C15H23N3O3. The maximum Gasteiger partial charge on any atom is 0.315 e. The number of hydrogen-bond acceptors (Lipinski definition) is 5. The van der Waals surface area contributed by atoms with Gasteiger partial charge in [0, 0.05) is 26.3 Å². The molecule has 0 amide bonds. The van der Waals surface area contributed by atoms with Gasteiger partial charge in [0.15, 0.2) is 0 Å². The molecule has 0 saturated carbocycles. The molecule has 2 rings (SSSR count). The highest BCUT2D eigenvalue weighted by Crippen LogP contribution is 2.35. The molecule has 0 atom stereocenters. The molecule has 6 nitrogen and oxygen atoms in total. The first-order valence-electron chi connectivity index (χ1n) is 7.38. The standard InChI is InChI=1S/C15H23N3O3/c1-3-16-12-5-4-6-13(14(12)18(19)20)17-11-15(2)7-9-21-10-8-15/h4-6,16-17H,3,7-11H2,1-2H3. The Kier molecular flexibility index (Phi) is 5.01. The van der Waals surface area contributed by atoms with Gasteiger partial charge in [0.1, 0.15) is 11.4 Å². The summed E-state index contributed by atoms with van der Waals surface area (Å²) in [5.74, 6) is 0. The number of nitrogens with one attached hydrogen (secondary N) is 2. The van der Waals surface area contributed by atoms with Gasteiger partial charge in [0.05, 0.1) is 4.92 Å². The van der Waals surface area contributed by atoms with Crippen LogP contribution in [-0.4, -0.2) is 31.2 Å². The Morgan fingerprint density at radius 1 is 1.29 bits per heavy atom. The molecule has 21 heavy (non-hydrogen) atoms. The summed E-state index contributed by atoms with van der Waals surface area (Å²) < 4.78 is 5.38. The van der Waals surface area contributed by atoms with Crippen molar-refractivity contribution in [2.75, 3.05) is 36.9 Å². The van der Waals surface area contributed by atoms with E-state index in [2.05, 4.69) is 17.6 Å². The molecule has 1 aromatic carbocycles. The van der Waals surface area contributed by atoms with Gasteiger partial charge in [0.25, 0.3) is 0 Å². The second-order valence-electron chi connectivity index (χ2n) is 5.77. The van der Waals surface area contributed by atoms with Gasteiger partial charge in [-0.25, -0.2) is 0 Å². The molecule has 0 bridgehead atoms. The van der Waals surface area contributed by atoms with Crippen molar-refractivity contribution < 1.29 is 9.66 Å². The van der Waals surface area contributed by atoms with E-state index in [9.17, 15) is 10.1 Å². The number of para-hydroxylation sites is 1. The normalized spacial score (nSPS) is 17.2.